The van der Waals surface area contributed by atoms with Gasteiger partial charge in [0.2, 0.25) is 0 Å². The van der Waals surface area contributed by atoms with Crippen LogP contribution in [0.3, 0.4) is 0 Å². The molecule has 0 aliphatic carbocycles. The normalized spacial score (nSPS) is 15.3. The number of carbonyl (C=O) groups excluding carboxylic acids is 1. The summed E-state index contributed by atoms with van der Waals surface area (Å²) in [5.74, 6) is -0.858. The number of imidazole rings is 1. The third-order valence-electron chi connectivity index (χ3n) is 5.39. The number of fused-ring (bicyclic) bond motifs is 1. The highest BCUT2D eigenvalue weighted by Gasteiger charge is 2.32. The Morgan fingerprint density at radius 2 is 2.00 bits per heavy atom. The van der Waals surface area contributed by atoms with Gasteiger partial charge in [0.25, 0.3) is 5.91 Å². The summed E-state index contributed by atoms with van der Waals surface area (Å²) < 4.78 is 43.4. The zero-order chi connectivity index (χ0) is 23.0. The van der Waals surface area contributed by atoms with Gasteiger partial charge in [0.1, 0.15) is 5.75 Å². The lowest BCUT2D eigenvalue weighted by atomic mass is 10.0. The fraction of sp³-hybridized carbons (Fsp3) is 0.350. The van der Waals surface area contributed by atoms with Crippen LogP contribution in [0.15, 0.2) is 35.3 Å². The number of carbonyl (C=O) groups is 1. The monoisotopic (exact) mass is 561 g/mol. The Labute approximate surface area is 193 Å². The van der Waals surface area contributed by atoms with Gasteiger partial charge in [-0.1, -0.05) is 22.6 Å². The molecular formula is C20H19F3IN5O3. The first-order valence-electron chi connectivity index (χ1n) is 9.76. The Hall–Kier alpha value is -2.77. The zero-order valence-electron chi connectivity index (χ0n) is 16.7. The van der Waals surface area contributed by atoms with E-state index in [0.29, 0.717) is 31.6 Å². The number of pyridine rings is 1. The van der Waals surface area contributed by atoms with Crippen LogP contribution in [0.4, 0.5) is 18.9 Å². The van der Waals surface area contributed by atoms with Gasteiger partial charge in [-0.15, -0.1) is 13.2 Å². The lowest BCUT2D eigenvalue weighted by Gasteiger charge is -2.32. The van der Waals surface area contributed by atoms with E-state index < -0.39 is 12.1 Å². The number of ether oxygens (including phenoxy) is 1. The summed E-state index contributed by atoms with van der Waals surface area (Å²) in [6.45, 7) is 0.754. The molecule has 1 aromatic carbocycles. The number of rotatable bonds is 4. The molecule has 0 unspecified atom stereocenters. The second-order valence-electron chi connectivity index (χ2n) is 7.47. The van der Waals surface area contributed by atoms with Crippen molar-refractivity contribution < 1.29 is 22.7 Å². The molecule has 12 heteroatoms. The van der Waals surface area contributed by atoms with Crippen LogP contribution in [0.5, 0.6) is 5.75 Å². The molecule has 0 bridgehead atoms. The largest absolute Gasteiger partial charge is 0.573 e. The number of H-pyrrole nitrogens is 1. The van der Waals surface area contributed by atoms with E-state index >= 15 is 0 Å². The van der Waals surface area contributed by atoms with Crippen LogP contribution in [0.2, 0.25) is 0 Å². The summed E-state index contributed by atoms with van der Waals surface area (Å²) in [4.78, 5) is 34.1. The number of hydrogen-bond donors (Lipinski definition) is 2. The summed E-state index contributed by atoms with van der Waals surface area (Å²) in [5, 5.41) is 0. The Kier molecular flexibility index (Phi) is 6.05. The number of nitrogen functional groups attached to an aromatic ring is 1. The van der Waals surface area contributed by atoms with E-state index in [1.54, 1.807) is 15.7 Å². The van der Waals surface area contributed by atoms with Crippen LogP contribution in [-0.4, -0.2) is 44.8 Å². The van der Waals surface area contributed by atoms with Crippen LogP contribution in [-0.2, 0) is 4.43 Å². The number of hydrogen-bond acceptors (Lipinski definition) is 5. The molecule has 1 amide bonds. The van der Waals surface area contributed by atoms with Gasteiger partial charge in [-0.3, -0.25) is 14.3 Å². The SMILES string of the molecule is Nc1cc(OC(F)(F)F)ccc1C(=O)N1CCC(n2c(=O)[nH]c3ncc(CI)cc32)CC1. The Morgan fingerprint density at radius 1 is 1.28 bits per heavy atom. The van der Waals surface area contributed by atoms with Crippen LogP contribution in [0.1, 0.15) is 34.8 Å². The minimum atomic E-state index is -4.84. The Morgan fingerprint density at radius 3 is 2.62 bits per heavy atom. The molecule has 2 aromatic heterocycles. The first kappa shape index (κ1) is 22.4. The van der Waals surface area contributed by atoms with Gasteiger partial charge in [-0.25, -0.2) is 9.78 Å². The molecule has 1 fully saturated rings. The molecule has 170 valence electrons. The van der Waals surface area contributed by atoms with Gasteiger partial charge >= 0.3 is 12.1 Å². The maximum Gasteiger partial charge on any atom is 0.573 e. The molecule has 4 rings (SSSR count). The number of aromatic nitrogens is 3. The second kappa shape index (κ2) is 8.64. The number of nitrogens with zero attached hydrogens (tertiary/aromatic N) is 3. The number of amides is 1. The van der Waals surface area contributed by atoms with E-state index in [1.165, 1.54) is 6.07 Å². The van der Waals surface area contributed by atoms with Crippen molar-refractivity contribution in [3.05, 3.63) is 52.1 Å². The maximum atomic E-state index is 12.9. The summed E-state index contributed by atoms with van der Waals surface area (Å²) >= 11 is 2.23. The maximum absolute atomic E-state index is 12.9. The molecule has 8 nitrogen and oxygen atoms in total. The number of anilines is 1. The molecule has 3 aromatic rings. The molecule has 0 atom stereocenters. The average Bonchev–Trinajstić information content (AvgIpc) is 3.07. The van der Waals surface area contributed by atoms with Crippen molar-refractivity contribution in [2.75, 3.05) is 18.8 Å². The minimum absolute atomic E-state index is 0.0934. The number of aromatic amines is 1. The smallest absolute Gasteiger partial charge is 0.406 e. The van der Waals surface area contributed by atoms with E-state index in [0.717, 1.165) is 27.6 Å². The predicted octanol–water partition coefficient (Wildman–Crippen LogP) is 3.62. The van der Waals surface area contributed by atoms with Gasteiger partial charge in [0.05, 0.1) is 11.1 Å². The first-order chi connectivity index (χ1) is 15.2. The van der Waals surface area contributed by atoms with Gasteiger partial charge in [-0.2, -0.15) is 0 Å². The number of likely N-dealkylation sites (tertiary alicyclic amines) is 1. The fourth-order valence-corrected chi connectivity index (χ4v) is 4.33. The highest BCUT2D eigenvalue weighted by atomic mass is 127. The van der Waals surface area contributed by atoms with E-state index in [1.807, 2.05) is 6.07 Å². The predicted molar refractivity (Wildman–Crippen MR) is 120 cm³/mol. The van der Waals surface area contributed by atoms with Crippen molar-refractivity contribution in [1.29, 1.82) is 0 Å². The highest BCUT2D eigenvalue weighted by Crippen LogP contribution is 2.29. The summed E-state index contributed by atoms with van der Waals surface area (Å²) in [6, 6.07) is 5.11. The molecule has 0 radical (unpaired) electrons. The fourth-order valence-electron chi connectivity index (χ4n) is 3.91. The number of nitrogens with two attached hydrogens (primary N) is 1. The zero-order valence-corrected chi connectivity index (χ0v) is 18.8. The van der Waals surface area contributed by atoms with E-state index in [9.17, 15) is 22.8 Å². The van der Waals surface area contributed by atoms with Crippen molar-refractivity contribution in [3.8, 4) is 5.75 Å². The number of benzene rings is 1. The Bertz CT molecular complexity index is 1220. The Balaban J connectivity index is 1.49. The van der Waals surface area contributed by atoms with Crippen molar-refractivity contribution in [1.82, 2.24) is 19.4 Å². The summed E-state index contributed by atoms with van der Waals surface area (Å²) in [7, 11) is 0. The van der Waals surface area contributed by atoms with E-state index in [-0.39, 0.29) is 28.9 Å². The molecule has 32 heavy (non-hydrogen) atoms. The minimum Gasteiger partial charge on any atom is -0.406 e. The molecular weight excluding hydrogens is 542 g/mol. The van der Waals surface area contributed by atoms with Crippen LogP contribution in [0.25, 0.3) is 11.2 Å². The molecule has 1 aliphatic rings. The number of alkyl halides is 4. The van der Waals surface area contributed by atoms with Crippen molar-refractivity contribution in [3.63, 3.8) is 0 Å². The molecule has 1 saturated heterocycles. The summed E-state index contributed by atoms with van der Waals surface area (Å²) in [6.07, 6.45) is -2.02. The molecule has 0 saturated carbocycles. The van der Waals surface area contributed by atoms with Crippen LogP contribution < -0.4 is 16.2 Å². The number of piperidine rings is 1. The molecule has 0 spiro atoms. The number of halogens is 4. The van der Waals surface area contributed by atoms with Crippen molar-refractivity contribution in [2.24, 2.45) is 0 Å². The third-order valence-corrected chi connectivity index (χ3v) is 6.27. The van der Waals surface area contributed by atoms with Crippen LogP contribution in [0, 0.1) is 0 Å². The van der Waals surface area contributed by atoms with Gasteiger partial charge in [0, 0.05) is 41.5 Å². The molecule has 1 aliphatic heterocycles. The topological polar surface area (TPSA) is 106 Å². The highest BCUT2D eigenvalue weighted by molar-refractivity contribution is 14.1. The molecule has 3 heterocycles. The third kappa shape index (κ3) is 4.54. The van der Waals surface area contributed by atoms with E-state index in [4.69, 9.17) is 5.73 Å². The van der Waals surface area contributed by atoms with Gasteiger partial charge in [0.15, 0.2) is 5.65 Å². The van der Waals surface area contributed by atoms with Crippen molar-refractivity contribution >= 4 is 45.3 Å². The average molecular weight is 561 g/mol. The van der Waals surface area contributed by atoms with Gasteiger partial charge in [-0.05, 0) is 36.6 Å². The first-order valence-corrected chi connectivity index (χ1v) is 11.3. The second-order valence-corrected chi connectivity index (χ2v) is 8.23. The lowest BCUT2D eigenvalue weighted by molar-refractivity contribution is -0.274. The quantitative estimate of drug-likeness (QED) is 0.288. The standard InChI is InChI=1S/C20H19F3IN5O3/c21-20(22,23)32-13-1-2-14(15(25)8-13)18(30)28-5-3-12(4-6-28)29-16-7-11(9-24)10-26-17(16)27-19(29)31/h1-2,7-8,10,12H,3-6,9,25H2,(H,26,27,31). The van der Waals surface area contributed by atoms with E-state index in [2.05, 4.69) is 37.3 Å². The van der Waals surface area contributed by atoms with Gasteiger partial charge < -0.3 is 15.4 Å². The lowest BCUT2D eigenvalue weighted by Crippen LogP contribution is -2.40. The molecule has 3 N–H and O–H groups in total. The number of nitrogens with one attached hydrogen (secondary N) is 1. The summed E-state index contributed by atoms with van der Waals surface area (Å²) in [5.41, 5.74) is 7.85. The van der Waals surface area contributed by atoms with Crippen LogP contribution >= 0.6 is 22.6 Å². The van der Waals surface area contributed by atoms with Crippen molar-refractivity contribution in [2.45, 2.75) is 29.7 Å².